The summed E-state index contributed by atoms with van der Waals surface area (Å²) in [7, 11) is -3.46. The van der Waals surface area contributed by atoms with Gasteiger partial charge in [-0.15, -0.1) is 11.3 Å². The number of anilines is 1. The second-order valence-corrected chi connectivity index (χ2v) is 10.2. The van der Waals surface area contributed by atoms with E-state index in [0.29, 0.717) is 10.2 Å². The van der Waals surface area contributed by atoms with E-state index < -0.39 is 10.0 Å². The molecule has 8 nitrogen and oxygen atoms in total. The minimum absolute atomic E-state index is 0.0376. The molecule has 28 heavy (non-hydrogen) atoms. The van der Waals surface area contributed by atoms with Crippen molar-refractivity contribution >= 4 is 27.3 Å². The highest BCUT2D eigenvalue weighted by atomic mass is 32.2. The van der Waals surface area contributed by atoms with Crippen LogP contribution in [0.1, 0.15) is 12.8 Å². The van der Waals surface area contributed by atoms with E-state index in [1.807, 2.05) is 30.3 Å². The Balaban J connectivity index is 1.37. The maximum absolute atomic E-state index is 12.7. The normalized spacial score (nSPS) is 24.6. The molecule has 146 valence electrons. The molecule has 2 fully saturated rings. The molecule has 5 rings (SSSR count). The van der Waals surface area contributed by atoms with Gasteiger partial charge < -0.3 is 4.90 Å². The molecule has 2 aromatic heterocycles. The molecule has 1 aliphatic carbocycles. The van der Waals surface area contributed by atoms with Gasteiger partial charge in [-0.2, -0.15) is 4.68 Å². The number of aromatic nitrogens is 4. The molecule has 3 heterocycles. The van der Waals surface area contributed by atoms with Gasteiger partial charge in [0, 0.05) is 19.1 Å². The number of hydrogen-bond acceptors (Lipinski definition) is 7. The lowest BCUT2D eigenvalue weighted by atomic mass is 9.93. The van der Waals surface area contributed by atoms with Gasteiger partial charge in [0.2, 0.25) is 16.0 Å². The number of nitrogens with one attached hydrogen (secondary N) is 1. The lowest BCUT2D eigenvalue weighted by Gasteiger charge is -2.38. The molecule has 1 aromatic carbocycles. The Morgan fingerprint density at radius 1 is 1.04 bits per heavy atom. The summed E-state index contributed by atoms with van der Waals surface area (Å²) in [6.45, 7) is 1.47. The zero-order valence-corrected chi connectivity index (χ0v) is 16.7. The molecule has 1 unspecified atom stereocenters. The highest BCUT2D eigenvalue weighted by molar-refractivity contribution is 7.91. The molecule has 0 spiro atoms. The third-order valence-electron chi connectivity index (χ3n) is 5.62. The largest absolute Gasteiger partial charge is 0.339 e. The first kappa shape index (κ1) is 17.8. The monoisotopic (exact) mass is 416 g/mol. The van der Waals surface area contributed by atoms with Gasteiger partial charge in [0.25, 0.3) is 0 Å². The van der Waals surface area contributed by atoms with Gasteiger partial charge in [-0.3, -0.25) is 0 Å². The third kappa shape index (κ3) is 3.11. The summed E-state index contributed by atoms with van der Waals surface area (Å²) in [5.74, 6) is 1.20. The van der Waals surface area contributed by atoms with Crippen molar-refractivity contribution in [1.29, 1.82) is 0 Å². The van der Waals surface area contributed by atoms with Crippen LogP contribution in [0.5, 0.6) is 0 Å². The number of fused-ring (bicyclic) bond motifs is 2. The Morgan fingerprint density at radius 3 is 2.46 bits per heavy atom. The summed E-state index contributed by atoms with van der Waals surface area (Å²) in [6, 6.07) is 13.2. The van der Waals surface area contributed by atoms with E-state index in [1.54, 1.807) is 22.2 Å². The second kappa shape index (κ2) is 6.94. The van der Waals surface area contributed by atoms with Crippen molar-refractivity contribution in [3.63, 3.8) is 0 Å². The maximum atomic E-state index is 12.7. The predicted molar refractivity (Wildman–Crippen MR) is 106 cm³/mol. The van der Waals surface area contributed by atoms with Gasteiger partial charge in [0.15, 0.2) is 0 Å². The van der Waals surface area contributed by atoms with Crippen molar-refractivity contribution in [2.45, 2.75) is 23.1 Å². The number of piperidine rings is 1. The number of hydrogen-bond donors (Lipinski definition) is 1. The first-order chi connectivity index (χ1) is 13.6. The number of nitrogens with zero attached hydrogens (tertiary/aromatic N) is 5. The number of rotatable bonds is 5. The Morgan fingerprint density at radius 2 is 1.79 bits per heavy atom. The molecule has 3 atom stereocenters. The minimum Gasteiger partial charge on any atom is -0.339 e. The number of tetrazole rings is 1. The van der Waals surface area contributed by atoms with Crippen LogP contribution < -0.4 is 9.62 Å². The molecule has 1 N–H and O–H groups in total. The highest BCUT2D eigenvalue weighted by Crippen LogP contribution is 2.39. The van der Waals surface area contributed by atoms with Crippen molar-refractivity contribution in [2.24, 2.45) is 11.8 Å². The lowest BCUT2D eigenvalue weighted by molar-refractivity contribution is 0.328. The van der Waals surface area contributed by atoms with E-state index in [2.05, 4.69) is 25.1 Å². The zero-order chi connectivity index (χ0) is 19.1. The number of sulfonamides is 1. The number of para-hydroxylation sites is 1. The van der Waals surface area contributed by atoms with E-state index >= 15 is 0 Å². The van der Waals surface area contributed by atoms with Gasteiger partial charge >= 0.3 is 0 Å². The Kier molecular flexibility index (Phi) is 4.41. The smallest absolute Gasteiger partial charge is 0.250 e. The summed E-state index contributed by atoms with van der Waals surface area (Å²) in [5, 5.41) is 14.0. The van der Waals surface area contributed by atoms with Crippen LogP contribution in [-0.2, 0) is 10.0 Å². The van der Waals surface area contributed by atoms with E-state index in [9.17, 15) is 8.42 Å². The van der Waals surface area contributed by atoms with Crippen LogP contribution in [0.4, 0.5) is 5.95 Å². The fraction of sp³-hybridized carbons (Fsp3) is 0.389. The molecule has 3 aromatic rings. The molecule has 0 radical (unpaired) electrons. The van der Waals surface area contributed by atoms with Crippen molar-refractivity contribution < 1.29 is 8.42 Å². The summed E-state index contributed by atoms with van der Waals surface area (Å²) < 4.78 is 30.4. The standard InChI is InChI=1S/C18H20N6O2S2/c25-28(26,16-7-4-10-27-16)20-17-13-8-9-14(17)12-23(11-13)18-19-21-22-24(18)15-5-2-1-3-6-15/h1-7,10,13-14,17,20H,8-9,11-12H2/t13-,14+,17?. The molecular weight excluding hydrogens is 396 g/mol. The topological polar surface area (TPSA) is 93.0 Å². The molecular formula is C18H20N6O2S2. The third-order valence-corrected chi connectivity index (χ3v) is 8.48. The van der Waals surface area contributed by atoms with Crippen LogP contribution in [0, 0.1) is 11.8 Å². The number of benzene rings is 1. The number of thiophene rings is 1. The lowest BCUT2D eigenvalue weighted by Crippen LogP contribution is -2.53. The highest BCUT2D eigenvalue weighted by Gasteiger charge is 2.45. The fourth-order valence-electron chi connectivity index (χ4n) is 4.35. The zero-order valence-electron chi connectivity index (χ0n) is 15.0. The van der Waals surface area contributed by atoms with Gasteiger partial charge in [-0.05, 0) is 58.7 Å². The summed E-state index contributed by atoms with van der Waals surface area (Å²) in [6.07, 6.45) is 2.01. The minimum atomic E-state index is -3.46. The van der Waals surface area contributed by atoms with Crippen LogP contribution in [0.15, 0.2) is 52.1 Å². The van der Waals surface area contributed by atoms with Gasteiger partial charge in [-0.1, -0.05) is 29.4 Å². The van der Waals surface area contributed by atoms with Crippen LogP contribution in [0.3, 0.4) is 0 Å². The average Bonchev–Trinajstić information content (AvgIpc) is 3.43. The molecule has 1 saturated heterocycles. The van der Waals surface area contributed by atoms with Crippen molar-refractivity contribution in [3.8, 4) is 5.69 Å². The summed E-state index contributed by atoms with van der Waals surface area (Å²) >= 11 is 1.25. The molecule has 10 heteroatoms. The molecule has 2 bridgehead atoms. The molecule has 2 aliphatic rings. The fourth-order valence-corrected chi connectivity index (χ4v) is 6.73. The maximum Gasteiger partial charge on any atom is 0.250 e. The SMILES string of the molecule is O=S(=O)(NC1[C@@H]2CC[C@H]1CN(c1nnnn1-c1ccccc1)C2)c1cccs1. The molecule has 0 amide bonds. The predicted octanol–water partition coefficient (Wildman–Crippen LogP) is 1.92. The summed E-state index contributed by atoms with van der Waals surface area (Å²) in [4.78, 5) is 2.19. The summed E-state index contributed by atoms with van der Waals surface area (Å²) in [5.41, 5.74) is 0.912. The van der Waals surface area contributed by atoms with Gasteiger partial charge in [0.05, 0.1) is 5.69 Å². The van der Waals surface area contributed by atoms with Crippen molar-refractivity contribution in [3.05, 3.63) is 47.8 Å². The first-order valence-electron chi connectivity index (χ1n) is 9.26. The first-order valence-corrected chi connectivity index (χ1v) is 11.6. The van der Waals surface area contributed by atoms with E-state index in [0.717, 1.165) is 31.6 Å². The van der Waals surface area contributed by atoms with Crippen LogP contribution in [-0.4, -0.2) is 47.8 Å². The van der Waals surface area contributed by atoms with Crippen molar-refractivity contribution in [1.82, 2.24) is 24.9 Å². The Hall–Kier alpha value is -2.30. The quantitative estimate of drug-likeness (QED) is 0.683. The second-order valence-electron chi connectivity index (χ2n) is 7.31. The van der Waals surface area contributed by atoms with E-state index in [-0.39, 0.29) is 17.9 Å². The van der Waals surface area contributed by atoms with E-state index in [1.165, 1.54) is 11.3 Å². The average molecular weight is 417 g/mol. The van der Waals surface area contributed by atoms with Crippen LogP contribution in [0.2, 0.25) is 0 Å². The van der Waals surface area contributed by atoms with Crippen LogP contribution >= 0.6 is 11.3 Å². The molecule has 1 saturated carbocycles. The molecule has 1 aliphatic heterocycles. The van der Waals surface area contributed by atoms with Crippen molar-refractivity contribution in [2.75, 3.05) is 18.0 Å². The van der Waals surface area contributed by atoms with Gasteiger partial charge in [-0.25, -0.2) is 13.1 Å². The van der Waals surface area contributed by atoms with Crippen LogP contribution in [0.25, 0.3) is 5.69 Å². The Labute approximate surface area is 167 Å². The Bertz CT molecular complexity index is 1040. The van der Waals surface area contributed by atoms with E-state index in [4.69, 9.17) is 0 Å². The van der Waals surface area contributed by atoms with Gasteiger partial charge in [0.1, 0.15) is 4.21 Å².